The van der Waals surface area contributed by atoms with Gasteiger partial charge in [0, 0.05) is 62.8 Å². The molecule has 3 heterocycles. The van der Waals surface area contributed by atoms with Crippen molar-refractivity contribution in [3.8, 4) is 5.75 Å². The van der Waals surface area contributed by atoms with E-state index in [1.165, 1.54) is 0 Å². The lowest BCUT2D eigenvalue weighted by atomic mass is 10.1. The molecule has 1 N–H and O–H groups in total. The van der Waals surface area contributed by atoms with Gasteiger partial charge in [-0.1, -0.05) is 0 Å². The average molecular weight is 328 g/mol. The minimum atomic E-state index is 0.282. The molecule has 0 saturated carbocycles. The molecule has 0 atom stereocenters. The van der Waals surface area contributed by atoms with Crippen molar-refractivity contribution in [2.75, 3.05) is 52.4 Å². The molecule has 0 aliphatic carbocycles. The quantitative estimate of drug-likeness (QED) is 0.792. The number of phenolic OH excluding ortho intramolecular Hbond substituents is 1. The van der Waals surface area contributed by atoms with Crippen LogP contribution >= 0.6 is 0 Å². The van der Waals surface area contributed by atoms with Crippen molar-refractivity contribution < 1.29 is 5.11 Å². The minimum absolute atomic E-state index is 0.282. The van der Waals surface area contributed by atoms with Crippen LogP contribution in [0.25, 0.3) is 0 Å². The Bertz CT molecular complexity index is 554. The number of piperazine rings is 1. The topological polar surface area (TPSA) is 51.4 Å². The normalized spacial score (nSPS) is 25.5. The molecule has 0 spiro atoms. The molecule has 4 bridgehead atoms. The molecule has 1 fully saturated rings. The second-order valence-corrected chi connectivity index (χ2v) is 6.75. The molecular formula is C19H28N4O. The summed E-state index contributed by atoms with van der Waals surface area (Å²) >= 11 is 0. The molecule has 3 aliphatic heterocycles. The largest absolute Gasteiger partial charge is 0.507 e. The zero-order valence-electron chi connectivity index (χ0n) is 14.6. The van der Waals surface area contributed by atoms with Crippen molar-refractivity contribution >= 4 is 12.4 Å². The Kier molecular flexibility index (Phi) is 5.99. The van der Waals surface area contributed by atoms with E-state index in [1.807, 2.05) is 19.1 Å². The van der Waals surface area contributed by atoms with Gasteiger partial charge in [0.15, 0.2) is 0 Å². The third-order valence-electron chi connectivity index (χ3n) is 4.76. The van der Waals surface area contributed by atoms with Gasteiger partial charge in [0.1, 0.15) is 5.75 Å². The highest BCUT2D eigenvalue weighted by Crippen LogP contribution is 2.22. The monoisotopic (exact) mass is 328 g/mol. The third kappa shape index (κ3) is 4.65. The first-order valence-electron chi connectivity index (χ1n) is 9.00. The molecule has 24 heavy (non-hydrogen) atoms. The second-order valence-electron chi connectivity index (χ2n) is 6.75. The fourth-order valence-electron chi connectivity index (χ4n) is 3.37. The van der Waals surface area contributed by atoms with E-state index in [-0.39, 0.29) is 5.75 Å². The average Bonchev–Trinajstić information content (AvgIpc) is 2.58. The van der Waals surface area contributed by atoms with Gasteiger partial charge in [-0.05, 0) is 50.6 Å². The molecule has 1 aromatic carbocycles. The Morgan fingerprint density at radius 3 is 1.71 bits per heavy atom. The van der Waals surface area contributed by atoms with E-state index in [0.717, 1.165) is 81.9 Å². The van der Waals surface area contributed by atoms with Crippen LogP contribution in [-0.4, -0.2) is 79.7 Å². The number of hydrogen-bond acceptors (Lipinski definition) is 5. The number of nitrogens with zero attached hydrogens (tertiary/aromatic N) is 4. The molecule has 0 aromatic heterocycles. The predicted molar refractivity (Wildman–Crippen MR) is 99.9 cm³/mol. The number of phenols is 1. The van der Waals surface area contributed by atoms with Crippen molar-refractivity contribution in [1.29, 1.82) is 0 Å². The Hall–Kier alpha value is -1.72. The van der Waals surface area contributed by atoms with Gasteiger partial charge in [-0.25, -0.2) is 0 Å². The van der Waals surface area contributed by atoms with Gasteiger partial charge in [-0.2, -0.15) is 0 Å². The molecular weight excluding hydrogens is 300 g/mol. The summed E-state index contributed by atoms with van der Waals surface area (Å²) in [6.45, 7) is 10.5. The van der Waals surface area contributed by atoms with Crippen molar-refractivity contribution in [3.05, 3.63) is 28.8 Å². The molecule has 0 radical (unpaired) electrons. The summed E-state index contributed by atoms with van der Waals surface area (Å²) in [5, 5.41) is 10.4. The van der Waals surface area contributed by atoms with Gasteiger partial charge in [-0.15, -0.1) is 0 Å². The van der Waals surface area contributed by atoms with Crippen molar-refractivity contribution in [2.24, 2.45) is 9.98 Å². The highest BCUT2D eigenvalue weighted by atomic mass is 16.3. The van der Waals surface area contributed by atoms with Crippen molar-refractivity contribution in [2.45, 2.75) is 19.8 Å². The summed E-state index contributed by atoms with van der Waals surface area (Å²) in [4.78, 5) is 14.1. The van der Waals surface area contributed by atoms with Crippen molar-refractivity contribution in [1.82, 2.24) is 9.80 Å². The van der Waals surface area contributed by atoms with E-state index >= 15 is 0 Å². The lowest BCUT2D eigenvalue weighted by molar-refractivity contribution is 0.131. The summed E-state index contributed by atoms with van der Waals surface area (Å²) in [5.41, 5.74) is 2.69. The fraction of sp³-hybridized carbons (Fsp3) is 0.579. The van der Waals surface area contributed by atoms with Gasteiger partial charge >= 0.3 is 0 Å². The van der Waals surface area contributed by atoms with Gasteiger partial charge in [0.05, 0.1) is 0 Å². The molecule has 1 aromatic rings. The SMILES string of the molecule is Cc1cc2c(O)c(c1)C=NCCCN1CCN(CCCN=C2)CC1. The molecule has 5 nitrogen and oxygen atoms in total. The summed E-state index contributed by atoms with van der Waals surface area (Å²) in [6.07, 6.45) is 5.74. The standard InChI is InChI=1S/C19H28N4O/c1-16-12-17-14-20-4-2-6-22-8-10-23(11-9-22)7-3-5-21-15-18(13-16)19(17)24/h12-15,24H,2-11H2,1H3. The summed E-state index contributed by atoms with van der Waals surface area (Å²) < 4.78 is 0. The molecule has 0 unspecified atom stereocenters. The van der Waals surface area contributed by atoms with Gasteiger partial charge in [0.2, 0.25) is 0 Å². The number of aliphatic imine (C=N–C) groups is 2. The van der Waals surface area contributed by atoms with E-state index in [4.69, 9.17) is 0 Å². The number of hydrogen-bond donors (Lipinski definition) is 1. The number of fused-ring (bicyclic) bond motifs is 8. The maximum absolute atomic E-state index is 10.4. The van der Waals surface area contributed by atoms with Crippen LogP contribution in [0, 0.1) is 6.92 Å². The summed E-state index contributed by atoms with van der Waals surface area (Å²) in [7, 11) is 0. The van der Waals surface area contributed by atoms with Gasteiger partial charge < -0.3 is 14.9 Å². The predicted octanol–water partition coefficient (Wildman–Crippen LogP) is 1.95. The molecule has 0 amide bonds. The van der Waals surface area contributed by atoms with E-state index in [9.17, 15) is 5.11 Å². The lowest BCUT2D eigenvalue weighted by Gasteiger charge is -2.34. The fourth-order valence-corrected chi connectivity index (χ4v) is 3.37. The first-order chi connectivity index (χ1) is 11.7. The highest BCUT2D eigenvalue weighted by Gasteiger charge is 2.15. The smallest absolute Gasteiger partial charge is 0.133 e. The number of rotatable bonds is 0. The molecule has 5 heteroatoms. The lowest BCUT2D eigenvalue weighted by Crippen LogP contribution is -2.46. The molecule has 130 valence electrons. The minimum Gasteiger partial charge on any atom is -0.507 e. The zero-order valence-corrected chi connectivity index (χ0v) is 14.6. The van der Waals surface area contributed by atoms with E-state index in [2.05, 4.69) is 19.8 Å². The number of aromatic hydroxyl groups is 1. The Labute approximate surface area is 144 Å². The molecule has 4 rings (SSSR count). The first-order valence-corrected chi connectivity index (χ1v) is 9.00. The Morgan fingerprint density at radius 2 is 1.25 bits per heavy atom. The van der Waals surface area contributed by atoms with E-state index < -0.39 is 0 Å². The summed E-state index contributed by atoms with van der Waals surface area (Å²) in [5.74, 6) is 0.282. The van der Waals surface area contributed by atoms with Gasteiger partial charge in [0.25, 0.3) is 0 Å². The van der Waals surface area contributed by atoms with Crippen LogP contribution in [-0.2, 0) is 0 Å². The van der Waals surface area contributed by atoms with Crippen molar-refractivity contribution in [3.63, 3.8) is 0 Å². The maximum Gasteiger partial charge on any atom is 0.133 e. The van der Waals surface area contributed by atoms with Crippen LogP contribution in [0.5, 0.6) is 5.75 Å². The summed E-state index contributed by atoms with van der Waals surface area (Å²) in [6, 6.07) is 3.95. The zero-order chi connectivity index (χ0) is 16.8. The number of benzene rings is 1. The van der Waals surface area contributed by atoms with E-state index in [1.54, 1.807) is 12.4 Å². The van der Waals surface area contributed by atoms with E-state index in [0.29, 0.717) is 0 Å². The van der Waals surface area contributed by atoms with Crippen LogP contribution in [0.1, 0.15) is 29.5 Å². The third-order valence-corrected chi connectivity index (χ3v) is 4.76. The van der Waals surface area contributed by atoms with Crippen LogP contribution in [0.4, 0.5) is 0 Å². The number of aryl methyl sites for hydroxylation is 1. The first kappa shape index (κ1) is 17.1. The van der Waals surface area contributed by atoms with Crippen LogP contribution < -0.4 is 0 Å². The van der Waals surface area contributed by atoms with Crippen LogP contribution in [0.15, 0.2) is 22.1 Å². The Balaban J connectivity index is 1.76. The van der Waals surface area contributed by atoms with Crippen LogP contribution in [0.2, 0.25) is 0 Å². The molecule has 3 aliphatic rings. The maximum atomic E-state index is 10.4. The second kappa shape index (κ2) is 8.40. The molecule has 1 saturated heterocycles. The highest BCUT2D eigenvalue weighted by molar-refractivity contribution is 5.92. The Morgan fingerprint density at radius 1 is 0.792 bits per heavy atom. The van der Waals surface area contributed by atoms with Gasteiger partial charge in [-0.3, -0.25) is 9.98 Å². The van der Waals surface area contributed by atoms with Crippen LogP contribution in [0.3, 0.4) is 0 Å².